The number of carbonyl (C=O) groups is 1. The lowest BCUT2D eigenvalue weighted by atomic mass is 10.1. The first-order valence-corrected chi connectivity index (χ1v) is 6.82. The smallest absolute Gasteiger partial charge is 0.246 e. The van der Waals surface area contributed by atoms with Crippen molar-refractivity contribution in [1.29, 1.82) is 0 Å². The van der Waals surface area contributed by atoms with Gasteiger partial charge in [-0.2, -0.15) is 0 Å². The third-order valence-electron chi connectivity index (χ3n) is 3.85. The molecule has 1 aliphatic rings. The van der Waals surface area contributed by atoms with Crippen molar-refractivity contribution in [2.45, 2.75) is 18.9 Å². The van der Waals surface area contributed by atoms with E-state index < -0.39 is 0 Å². The Morgan fingerprint density at radius 3 is 2.95 bits per heavy atom. The minimum Gasteiger partial charge on any atom is -0.465 e. The van der Waals surface area contributed by atoms with Crippen LogP contribution in [-0.4, -0.2) is 17.9 Å². The van der Waals surface area contributed by atoms with E-state index in [9.17, 15) is 4.79 Å². The van der Waals surface area contributed by atoms with E-state index in [1.807, 2.05) is 24.1 Å². The predicted octanol–water partition coefficient (Wildman–Crippen LogP) is 3.44. The maximum absolute atomic E-state index is 12.2. The van der Waals surface area contributed by atoms with Crippen molar-refractivity contribution in [3.8, 4) is 0 Å². The van der Waals surface area contributed by atoms with Gasteiger partial charge in [-0.3, -0.25) is 4.79 Å². The average molecular weight is 267 g/mol. The summed E-state index contributed by atoms with van der Waals surface area (Å²) in [6.45, 7) is 0. The Morgan fingerprint density at radius 1 is 1.30 bits per heavy atom. The molecule has 0 fully saturated rings. The highest BCUT2D eigenvalue weighted by atomic mass is 16.3. The first kappa shape index (κ1) is 12.7. The van der Waals surface area contributed by atoms with Crippen molar-refractivity contribution in [3.63, 3.8) is 0 Å². The number of hydrogen-bond acceptors (Lipinski definition) is 2. The first-order valence-electron chi connectivity index (χ1n) is 6.82. The summed E-state index contributed by atoms with van der Waals surface area (Å²) in [6, 6.07) is 12.2. The normalized spacial score (nSPS) is 17.4. The molecule has 1 heterocycles. The Hall–Kier alpha value is -2.29. The molecule has 1 aromatic heterocycles. The van der Waals surface area contributed by atoms with Gasteiger partial charge in [0.1, 0.15) is 5.76 Å². The largest absolute Gasteiger partial charge is 0.465 e. The fourth-order valence-electron chi connectivity index (χ4n) is 2.75. The minimum absolute atomic E-state index is 0.00287. The van der Waals surface area contributed by atoms with Gasteiger partial charge in [-0.15, -0.1) is 0 Å². The van der Waals surface area contributed by atoms with Gasteiger partial charge in [-0.1, -0.05) is 24.3 Å². The van der Waals surface area contributed by atoms with Crippen LogP contribution in [0.2, 0.25) is 0 Å². The Labute approximate surface area is 118 Å². The van der Waals surface area contributed by atoms with E-state index in [-0.39, 0.29) is 11.9 Å². The van der Waals surface area contributed by atoms with Crippen LogP contribution in [-0.2, 0) is 11.2 Å². The van der Waals surface area contributed by atoms with Crippen LogP contribution in [0, 0.1) is 0 Å². The summed E-state index contributed by atoms with van der Waals surface area (Å²) >= 11 is 0. The molecule has 0 saturated carbocycles. The van der Waals surface area contributed by atoms with Gasteiger partial charge in [0, 0.05) is 13.1 Å². The highest BCUT2D eigenvalue weighted by Gasteiger charge is 2.27. The summed E-state index contributed by atoms with van der Waals surface area (Å²) in [5.41, 5.74) is 2.63. The topological polar surface area (TPSA) is 33.5 Å². The Bertz CT molecular complexity index is 628. The lowest BCUT2D eigenvalue weighted by molar-refractivity contribution is -0.126. The first-order chi connectivity index (χ1) is 9.75. The lowest BCUT2D eigenvalue weighted by Gasteiger charge is -2.24. The van der Waals surface area contributed by atoms with Crippen molar-refractivity contribution in [2.24, 2.45) is 0 Å². The molecule has 0 aliphatic heterocycles. The molecule has 0 saturated heterocycles. The lowest BCUT2D eigenvalue weighted by Crippen LogP contribution is -2.28. The fraction of sp³-hybridized carbons (Fsp3) is 0.235. The molecular formula is C17H17NO2. The Balaban J connectivity index is 1.73. The molecule has 2 aromatic rings. The number of benzene rings is 1. The zero-order valence-corrected chi connectivity index (χ0v) is 11.5. The number of furan rings is 1. The molecular weight excluding hydrogens is 250 g/mol. The number of likely N-dealkylation sites (N-methyl/N-ethyl adjacent to an activating group) is 1. The van der Waals surface area contributed by atoms with Crippen molar-refractivity contribution in [2.75, 3.05) is 7.05 Å². The van der Waals surface area contributed by atoms with Crippen LogP contribution in [0.5, 0.6) is 0 Å². The second kappa shape index (κ2) is 5.37. The van der Waals surface area contributed by atoms with Crippen molar-refractivity contribution < 1.29 is 9.21 Å². The van der Waals surface area contributed by atoms with Gasteiger partial charge in [-0.25, -0.2) is 0 Å². The van der Waals surface area contributed by atoms with Crippen LogP contribution in [0.3, 0.4) is 0 Å². The molecule has 0 radical (unpaired) electrons. The monoisotopic (exact) mass is 267 g/mol. The van der Waals surface area contributed by atoms with Crippen LogP contribution in [0.1, 0.15) is 29.3 Å². The molecule has 1 amide bonds. The van der Waals surface area contributed by atoms with Crippen LogP contribution < -0.4 is 0 Å². The van der Waals surface area contributed by atoms with Gasteiger partial charge in [0.25, 0.3) is 0 Å². The van der Waals surface area contributed by atoms with Crippen molar-refractivity contribution in [3.05, 3.63) is 65.6 Å². The van der Waals surface area contributed by atoms with Crippen LogP contribution in [0.4, 0.5) is 0 Å². The number of carbonyl (C=O) groups excluding carboxylic acids is 1. The predicted molar refractivity (Wildman–Crippen MR) is 78.0 cm³/mol. The summed E-state index contributed by atoms with van der Waals surface area (Å²) in [7, 11) is 1.86. The van der Waals surface area contributed by atoms with Crippen LogP contribution in [0.25, 0.3) is 6.08 Å². The van der Waals surface area contributed by atoms with Crippen LogP contribution >= 0.6 is 0 Å². The zero-order chi connectivity index (χ0) is 13.9. The number of aryl methyl sites for hydroxylation is 1. The molecule has 1 unspecified atom stereocenters. The van der Waals surface area contributed by atoms with Crippen molar-refractivity contribution in [1.82, 2.24) is 4.90 Å². The molecule has 20 heavy (non-hydrogen) atoms. The maximum atomic E-state index is 12.2. The number of amides is 1. The van der Waals surface area contributed by atoms with E-state index in [2.05, 4.69) is 18.2 Å². The third kappa shape index (κ3) is 2.39. The van der Waals surface area contributed by atoms with Gasteiger partial charge < -0.3 is 9.32 Å². The molecule has 1 aliphatic carbocycles. The number of hydrogen-bond donors (Lipinski definition) is 0. The molecule has 0 N–H and O–H groups in total. The molecule has 1 atom stereocenters. The molecule has 3 rings (SSSR count). The SMILES string of the molecule is CN(C(=O)/C=C/c1ccco1)C1CCc2ccccc21. The quantitative estimate of drug-likeness (QED) is 0.798. The Morgan fingerprint density at radius 2 is 2.15 bits per heavy atom. The summed E-state index contributed by atoms with van der Waals surface area (Å²) in [4.78, 5) is 14.0. The maximum Gasteiger partial charge on any atom is 0.246 e. The molecule has 102 valence electrons. The van der Waals surface area contributed by atoms with Gasteiger partial charge in [-0.05, 0) is 42.2 Å². The standard InChI is InChI=1S/C17H17NO2/c1-18(17(19)11-9-14-6-4-12-20-14)16-10-8-13-5-2-3-7-15(13)16/h2-7,9,11-12,16H,8,10H2,1H3/b11-9+. The summed E-state index contributed by atoms with van der Waals surface area (Å²) in [5, 5.41) is 0. The number of nitrogens with zero attached hydrogens (tertiary/aromatic N) is 1. The number of rotatable bonds is 3. The van der Waals surface area contributed by atoms with E-state index in [1.165, 1.54) is 11.1 Å². The highest BCUT2D eigenvalue weighted by molar-refractivity contribution is 5.91. The highest BCUT2D eigenvalue weighted by Crippen LogP contribution is 2.34. The summed E-state index contributed by atoms with van der Waals surface area (Å²) in [5.74, 6) is 0.696. The van der Waals surface area contributed by atoms with Crippen molar-refractivity contribution >= 4 is 12.0 Å². The second-order valence-electron chi connectivity index (χ2n) is 5.05. The molecule has 0 bridgehead atoms. The molecule has 1 aromatic carbocycles. The molecule has 3 nitrogen and oxygen atoms in total. The van der Waals surface area contributed by atoms with Gasteiger partial charge in [0.15, 0.2) is 0 Å². The van der Waals surface area contributed by atoms with E-state index in [0.29, 0.717) is 5.76 Å². The van der Waals surface area contributed by atoms with E-state index in [4.69, 9.17) is 4.42 Å². The molecule has 0 spiro atoms. The third-order valence-corrected chi connectivity index (χ3v) is 3.85. The van der Waals surface area contributed by atoms with E-state index in [0.717, 1.165) is 12.8 Å². The average Bonchev–Trinajstić information content (AvgIpc) is 3.13. The van der Waals surface area contributed by atoms with Crippen LogP contribution in [0.15, 0.2) is 53.2 Å². The Kier molecular flexibility index (Phi) is 3.42. The van der Waals surface area contributed by atoms with E-state index >= 15 is 0 Å². The summed E-state index contributed by atoms with van der Waals surface area (Å²) < 4.78 is 5.19. The fourth-order valence-corrected chi connectivity index (χ4v) is 2.75. The van der Waals surface area contributed by atoms with Gasteiger partial charge in [0.2, 0.25) is 5.91 Å². The van der Waals surface area contributed by atoms with Gasteiger partial charge in [0.05, 0.1) is 12.3 Å². The zero-order valence-electron chi connectivity index (χ0n) is 11.5. The summed E-state index contributed by atoms with van der Waals surface area (Å²) in [6.07, 6.45) is 6.91. The molecule has 3 heteroatoms. The van der Waals surface area contributed by atoms with E-state index in [1.54, 1.807) is 24.5 Å². The second-order valence-corrected chi connectivity index (χ2v) is 5.05. The van der Waals surface area contributed by atoms with Gasteiger partial charge >= 0.3 is 0 Å². The minimum atomic E-state index is 0.00287. The number of fused-ring (bicyclic) bond motifs is 1.